The Bertz CT molecular complexity index is 147. The van der Waals surface area contributed by atoms with Gasteiger partial charge in [-0.1, -0.05) is 20.3 Å². The van der Waals surface area contributed by atoms with E-state index in [4.69, 9.17) is 5.11 Å². The van der Waals surface area contributed by atoms with E-state index in [0.29, 0.717) is 12.2 Å². The molecule has 0 saturated carbocycles. The molecule has 0 saturated heterocycles. The Balaban J connectivity index is 3.71. The number of hydrogen-bond acceptors (Lipinski definition) is 3. The lowest BCUT2D eigenvalue weighted by atomic mass is 10.2. The normalized spacial score (nSPS) is 15.4. The average molecular weight is 221 g/mol. The van der Waals surface area contributed by atoms with Crippen molar-refractivity contribution in [3.8, 4) is 0 Å². The lowest BCUT2D eigenvalue weighted by molar-refractivity contribution is 0.270. The molecule has 0 aromatic rings. The fourth-order valence-electron chi connectivity index (χ4n) is 1.30. The van der Waals surface area contributed by atoms with Crippen LogP contribution in [0.3, 0.4) is 0 Å². The van der Waals surface area contributed by atoms with Gasteiger partial charge in [0.2, 0.25) is 0 Å². The van der Waals surface area contributed by atoms with Crippen LogP contribution in [0.15, 0.2) is 0 Å². The zero-order valence-corrected chi connectivity index (χ0v) is 10.1. The molecule has 86 valence electrons. The summed E-state index contributed by atoms with van der Waals surface area (Å²) < 4.78 is 11.6. The van der Waals surface area contributed by atoms with Crippen molar-refractivity contribution in [1.82, 2.24) is 5.32 Å². The van der Waals surface area contributed by atoms with E-state index >= 15 is 0 Å². The second-order valence-electron chi connectivity index (χ2n) is 3.43. The maximum absolute atomic E-state index is 11.6. The van der Waals surface area contributed by atoms with Gasteiger partial charge < -0.3 is 10.4 Å². The lowest BCUT2D eigenvalue weighted by Gasteiger charge is -2.15. The van der Waals surface area contributed by atoms with E-state index in [1.807, 2.05) is 6.92 Å². The van der Waals surface area contributed by atoms with E-state index in [9.17, 15) is 4.21 Å². The molecule has 0 aliphatic heterocycles. The first-order chi connectivity index (χ1) is 6.74. The Morgan fingerprint density at radius 1 is 1.43 bits per heavy atom. The number of nitrogens with one attached hydrogen (secondary N) is 1. The Kier molecular flexibility index (Phi) is 9.67. The summed E-state index contributed by atoms with van der Waals surface area (Å²) in [6.07, 6.45) is 2.83. The molecule has 14 heavy (non-hydrogen) atoms. The summed E-state index contributed by atoms with van der Waals surface area (Å²) in [5.41, 5.74) is 0. The summed E-state index contributed by atoms with van der Waals surface area (Å²) in [5.74, 6) is 1.47. The fraction of sp³-hybridized carbons (Fsp3) is 1.00. The van der Waals surface area contributed by atoms with E-state index in [-0.39, 0.29) is 12.6 Å². The van der Waals surface area contributed by atoms with Crippen LogP contribution in [0.4, 0.5) is 0 Å². The van der Waals surface area contributed by atoms with Gasteiger partial charge in [0.05, 0.1) is 0 Å². The Morgan fingerprint density at radius 2 is 2.14 bits per heavy atom. The third-order valence-electron chi connectivity index (χ3n) is 2.08. The van der Waals surface area contributed by atoms with E-state index in [2.05, 4.69) is 12.2 Å². The monoisotopic (exact) mass is 221 g/mol. The van der Waals surface area contributed by atoms with Gasteiger partial charge in [-0.25, -0.2) is 0 Å². The first-order valence-corrected chi connectivity index (χ1v) is 6.92. The molecule has 0 aromatic carbocycles. The second kappa shape index (κ2) is 9.62. The van der Waals surface area contributed by atoms with Gasteiger partial charge in [-0.2, -0.15) is 0 Å². The van der Waals surface area contributed by atoms with Crippen LogP contribution in [-0.2, 0) is 10.8 Å². The maximum atomic E-state index is 11.6. The predicted molar refractivity (Wildman–Crippen MR) is 62.0 cm³/mol. The van der Waals surface area contributed by atoms with Crippen molar-refractivity contribution in [2.24, 2.45) is 0 Å². The van der Waals surface area contributed by atoms with Gasteiger partial charge in [-0.3, -0.25) is 4.21 Å². The highest BCUT2D eigenvalue weighted by molar-refractivity contribution is 7.85. The van der Waals surface area contributed by atoms with E-state index in [0.717, 1.165) is 25.1 Å². The zero-order valence-electron chi connectivity index (χ0n) is 9.29. The SMILES string of the molecule is CCCCS(=O)CC(CCO)NCC. The van der Waals surface area contributed by atoms with Gasteiger partial charge in [-0.15, -0.1) is 0 Å². The van der Waals surface area contributed by atoms with Crippen molar-refractivity contribution in [2.75, 3.05) is 24.7 Å². The van der Waals surface area contributed by atoms with Crippen LogP contribution in [0.2, 0.25) is 0 Å². The minimum atomic E-state index is -0.727. The van der Waals surface area contributed by atoms with Crippen molar-refractivity contribution >= 4 is 10.8 Å². The number of rotatable bonds is 9. The van der Waals surface area contributed by atoms with Crippen LogP contribution in [0.1, 0.15) is 33.1 Å². The summed E-state index contributed by atoms with van der Waals surface area (Å²) in [6, 6.07) is 0.211. The topological polar surface area (TPSA) is 49.3 Å². The number of aliphatic hydroxyl groups is 1. The number of hydrogen-bond donors (Lipinski definition) is 2. The number of unbranched alkanes of at least 4 members (excludes halogenated alkanes) is 1. The Hall–Kier alpha value is 0.0700. The van der Waals surface area contributed by atoms with Crippen molar-refractivity contribution in [2.45, 2.75) is 39.2 Å². The zero-order chi connectivity index (χ0) is 10.8. The Labute approximate surface area is 89.7 Å². The molecule has 2 N–H and O–H groups in total. The van der Waals surface area contributed by atoms with Gasteiger partial charge >= 0.3 is 0 Å². The number of aliphatic hydroxyl groups excluding tert-OH is 1. The van der Waals surface area contributed by atoms with Gasteiger partial charge in [0.15, 0.2) is 0 Å². The van der Waals surface area contributed by atoms with Gasteiger partial charge in [0, 0.05) is 35.0 Å². The minimum Gasteiger partial charge on any atom is -0.396 e. The van der Waals surface area contributed by atoms with Crippen LogP contribution in [0, 0.1) is 0 Å². The third-order valence-corrected chi connectivity index (χ3v) is 3.60. The molecule has 0 fully saturated rings. The molecule has 0 aliphatic carbocycles. The second-order valence-corrected chi connectivity index (χ2v) is 5.05. The molecule has 2 atom stereocenters. The summed E-state index contributed by atoms with van der Waals surface area (Å²) in [4.78, 5) is 0. The Morgan fingerprint density at radius 3 is 2.64 bits per heavy atom. The quantitative estimate of drug-likeness (QED) is 0.608. The summed E-state index contributed by atoms with van der Waals surface area (Å²) in [6.45, 7) is 5.17. The standard InChI is InChI=1S/C10H23NO2S/c1-3-5-8-14(13)9-10(6-7-12)11-4-2/h10-12H,3-9H2,1-2H3. The molecule has 0 spiro atoms. The highest BCUT2D eigenvalue weighted by Gasteiger charge is 2.10. The van der Waals surface area contributed by atoms with Crippen LogP contribution < -0.4 is 5.32 Å². The largest absolute Gasteiger partial charge is 0.396 e. The molecule has 2 unspecified atom stereocenters. The maximum Gasteiger partial charge on any atom is 0.0446 e. The fourth-order valence-corrected chi connectivity index (χ4v) is 2.81. The molecule has 0 aliphatic rings. The molecule has 0 bridgehead atoms. The average Bonchev–Trinajstić information content (AvgIpc) is 2.15. The van der Waals surface area contributed by atoms with E-state index < -0.39 is 10.8 Å². The van der Waals surface area contributed by atoms with Crippen LogP contribution in [0.5, 0.6) is 0 Å². The lowest BCUT2D eigenvalue weighted by Crippen LogP contribution is -2.35. The summed E-state index contributed by atoms with van der Waals surface area (Å²) >= 11 is 0. The molecule has 0 radical (unpaired) electrons. The molecular weight excluding hydrogens is 198 g/mol. The van der Waals surface area contributed by atoms with Crippen molar-refractivity contribution in [3.63, 3.8) is 0 Å². The molecule has 0 amide bonds. The van der Waals surface area contributed by atoms with Gasteiger partial charge in [-0.05, 0) is 19.4 Å². The molecule has 0 aromatic heterocycles. The van der Waals surface area contributed by atoms with E-state index in [1.165, 1.54) is 0 Å². The van der Waals surface area contributed by atoms with Gasteiger partial charge in [0.25, 0.3) is 0 Å². The van der Waals surface area contributed by atoms with Crippen molar-refractivity contribution < 1.29 is 9.32 Å². The van der Waals surface area contributed by atoms with Crippen molar-refractivity contribution in [1.29, 1.82) is 0 Å². The summed E-state index contributed by atoms with van der Waals surface area (Å²) in [5, 5.41) is 12.1. The van der Waals surface area contributed by atoms with Crippen LogP contribution in [0.25, 0.3) is 0 Å². The van der Waals surface area contributed by atoms with Crippen LogP contribution in [-0.4, -0.2) is 40.0 Å². The van der Waals surface area contributed by atoms with E-state index in [1.54, 1.807) is 0 Å². The molecule has 4 heteroatoms. The first-order valence-electron chi connectivity index (χ1n) is 5.43. The molecular formula is C10H23NO2S. The first kappa shape index (κ1) is 14.1. The highest BCUT2D eigenvalue weighted by Crippen LogP contribution is 1.98. The third kappa shape index (κ3) is 7.47. The van der Waals surface area contributed by atoms with Crippen molar-refractivity contribution in [3.05, 3.63) is 0 Å². The molecule has 0 heterocycles. The summed E-state index contributed by atoms with van der Waals surface area (Å²) in [7, 11) is -0.727. The van der Waals surface area contributed by atoms with Crippen LogP contribution >= 0.6 is 0 Å². The van der Waals surface area contributed by atoms with Gasteiger partial charge in [0.1, 0.15) is 0 Å². The molecule has 0 rings (SSSR count). The smallest absolute Gasteiger partial charge is 0.0446 e. The predicted octanol–water partition coefficient (Wildman–Crippen LogP) is 0.896. The molecule has 3 nitrogen and oxygen atoms in total. The minimum absolute atomic E-state index is 0.169. The highest BCUT2D eigenvalue weighted by atomic mass is 32.2.